The first-order chi connectivity index (χ1) is 16.1. The number of unbranched alkanes of at least 4 members (excludes halogenated alkanes) is 14. The first-order valence-electron chi connectivity index (χ1n) is 14.3. The van der Waals surface area contributed by atoms with Crippen LogP contribution in [0.1, 0.15) is 137 Å². The molecule has 0 aromatic rings. The van der Waals surface area contributed by atoms with E-state index in [4.69, 9.17) is 0 Å². The van der Waals surface area contributed by atoms with Crippen molar-refractivity contribution in [3.8, 4) is 0 Å². The van der Waals surface area contributed by atoms with Crippen molar-refractivity contribution in [1.29, 1.82) is 0 Å². The van der Waals surface area contributed by atoms with Crippen LogP contribution in [0, 0.1) is 0 Å². The predicted molar refractivity (Wildman–Crippen MR) is 143 cm³/mol. The highest BCUT2D eigenvalue weighted by Crippen LogP contribution is 2.26. The van der Waals surface area contributed by atoms with Gasteiger partial charge in [0, 0.05) is 20.3 Å². The third kappa shape index (κ3) is 12.7. The zero-order valence-electron chi connectivity index (χ0n) is 22.5. The molecule has 3 atom stereocenters. The average Bonchev–Trinajstić information content (AvgIpc) is 3.22. The SMILES string of the molecule is CCCCC/C=C/CCCCCCCCCCCCCC1NC=C[N+]1(CC)C(C)NC(C)=O. The molecule has 0 saturated carbocycles. The summed E-state index contributed by atoms with van der Waals surface area (Å²) in [4.78, 5) is 11.5. The predicted octanol–water partition coefficient (Wildman–Crippen LogP) is 7.91. The second-order valence-corrected chi connectivity index (χ2v) is 10.1. The molecular weight excluding hydrogens is 406 g/mol. The highest BCUT2D eigenvalue weighted by atomic mass is 16.1. The minimum absolute atomic E-state index is 0.0535. The van der Waals surface area contributed by atoms with Gasteiger partial charge in [-0.05, 0) is 39.0 Å². The van der Waals surface area contributed by atoms with Crippen LogP contribution in [-0.4, -0.2) is 29.3 Å². The summed E-state index contributed by atoms with van der Waals surface area (Å²) in [6, 6.07) is 0. The van der Waals surface area contributed by atoms with Gasteiger partial charge in [0.1, 0.15) is 6.20 Å². The van der Waals surface area contributed by atoms with Gasteiger partial charge in [0.15, 0.2) is 12.3 Å². The summed E-state index contributed by atoms with van der Waals surface area (Å²) in [5, 5.41) is 6.65. The van der Waals surface area contributed by atoms with Gasteiger partial charge in [-0.25, -0.2) is 0 Å². The van der Waals surface area contributed by atoms with Gasteiger partial charge in [-0.15, -0.1) is 0 Å². The molecule has 33 heavy (non-hydrogen) atoms. The van der Waals surface area contributed by atoms with Gasteiger partial charge < -0.3 is 10.6 Å². The molecule has 0 radical (unpaired) electrons. The number of rotatable bonds is 21. The number of allylic oxidation sites excluding steroid dienone is 2. The molecule has 4 heteroatoms. The number of amides is 1. The molecule has 0 aliphatic carbocycles. The van der Waals surface area contributed by atoms with E-state index in [0.717, 1.165) is 11.0 Å². The number of hydrogen-bond acceptors (Lipinski definition) is 2. The molecule has 1 aliphatic rings. The Hall–Kier alpha value is -1.29. The molecule has 4 nitrogen and oxygen atoms in total. The number of carbonyl (C=O) groups excluding carboxylic acids is 1. The minimum Gasteiger partial charge on any atom is -0.338 e. The Balaban J connectivity index is 1.96. The average molecular weight is 463 g/mol. The van der Waals surface area contributed by atoms with Gasteiger partial charge in [0.05, 0.1) is 12.7 Å². The lowest BCUT2D eigenvalue weighted by molar-refractivity contribution is -0.923. The van der Waals surface area contributed by atoms with Crippen molar-refractivity contribution in [2.75, 3.05) is 6.54 Å². The van der Waals surface area contributed by atoms with Crippen molar-refractivity contribution in [2.45, 2.75) is 149 Å². The summed E-state index contributed by atoms with van der Waals surface area (Å²) in [5.74, 6) is 0.0535. The molecule has 0 bridgehead atoms. The topological polar surface area (TPSA) is 41.1 Å². The fraction of sp³-hybridized carbons (Fsp3) is 0.828. The molecule has 1 amide bonds. The maximum atomic E-state index is 11.5. The second-order valence-electron chi connectivity index (χ2n) is 10.1. The highest BCUT2D eigenvalue weighted by molar-refractivity contribution is 5.72. The van der Waals surface area contributed by atoms with Crippen LogP contribution < -0.4 is 10.6 Å². The zero-order valence-corrected chi connectivity index (χ0v) is 22.5. The van der Waals surface area contributed by atoms with Crippen LogP contribution in [0.25, 0.3) is 0 Å². The molecule has 0 fully saturated rings. The minimum atomic E-state index is 0.0535. The van der Waals surface area contributed by atoms with E-state index in [0.29, 0.717) is 6.17 Å². The van der Waals surface area contributed by atoms with Crippen LogP contribution in [0.4, 0.5) is 0 Å². The van der Waals surface area contributed by atoms with Crippen molar-refractivity contribution in [2.24, 2.45) is 0 Å². The van der Waals surface area contributed by atoms with E-state index >= 15 is 0 Å². The Morgan fingerprint density at radius 3 is 1.91 bits per heavy atom. The van der Waals surface area contributed by atoms with E-state index < -0.39 is 0 Å². The van der Waals surface area contributed by atoms with Gasteiger partial charge in [-0.3, -0.25) is 9.28 Å². The van der Waals surface area contributed by atoms with Gasteiger partial charge in [-0.2, -0.15) is 0 Å². The lowest BCUT2D eigenvalue weighted by atomic mass is 10.0. The summed E-state index contributed by atoms with van der Waals surface area (Å²) >= 11 is 0. The molecule has 2 N–H and O–H groups in total. The lowest BCUT2D eigenvalue weighted by Crippen LogP contribution is -2.62. The van der Waals surface area contributed by atoms with E-state index in [-0.39, 0.29) is 12.1 Å². The zero-order chi connectivity index (χ0) is 24.2. The molecule has 1 heterocycles. The molecule has 1 aliphatic heterocycles. The number of hydrogen-bond donors (Lipinski definition) is 2. The Kier molecular flexibility index (Phi) is 17.2. The van der Waals surface area contributed by atoms with E-state index in [1.807, 2.05) is 0 Å². The lowest BCUT2D eigenvalue weighted by Gasteiger charge is -2.41. The number of nitrogens with zero attached hydrogens (tertiary/aromatic N) is 1. The fourth-order valence-electron chi connectivity index (χ4n) is 5.21. The first-order valence-corrected chi connectivity index (χ1v) is 14.3. The Morgan fingerprint density at radius 1 is 0.879 bits per heavy atom. The Labute approximate surface area is 206 Å². The molecule has 192 valence electrons. The molecule has 1 rings (SSSR count). The second kappa shape index (κ2) is 19.1. The summed E-state index contributed by atoms with van der Waals surface area (Å²) in [6.07, 6.45) is 32.6. The Morgan fingerprint density at radius 2 is 1.39 bits per heavy atom. The van der Waals surface area contributed by atoms with E-state index in [2.05, 4.69) is 56.0 Å². The Bertz CT molecular complexity index is 545. The highest BCUT2D eigenvalue weighted by Gasteiger charge is 2.41. The van der Waals surface area contributed by atoms with Crippen LogP contribution >= 0.6 is 0 Å². The van der Waals surface area contributed by atoms with Crippen molar-refractivity contribution in [3.63, 3.8) is 0 Å². The third-order valence-electron chi connectivity index (χ3n) is 7.39. The largest absolute Gasteiger partial charge is 0.338 e. The number of carbonyl (C=O) groups is 1. The van der Waals surface area contributed by atoms with Crippen LogP contribution in [-0.2, 0) is 4.79 Å². The first kappa shape index (κ1) is 29.7. The monoisotopic (exact) mass is 462 g/mol. The van der Waals surface area contributed by atoms with Gasteiger partial charge in [0.2, 0.25) is 5.91 Å². The van der Waals surface area contributed by atoms with Crippen molar-refractivity contribution in [1.82, 2.24) is 10.6 Å². The fourth-order valence-corrected chi connectivity index (χ4v) is 5.21. The maximum absolute atomic E-state index is 11.5. The van der Waals surface area contributed by atoms with Crippen LogP contribution in [0.15, 0.2) is 24.6 Å². The molecule has 3 unspecified atom stereocenters. The summed E-state index contributed by atoms with van der Waals surface area (Å²) in [6.45, 7) is 9.22. The summed E-state index contributed by atoms with van der Waals surface area (Å²) in [7, 11) is 0. The van der Waals surface area contributed by atoms with E-state index in [1.165, 1.54) is 109 Å². The standard InChI is InChI=1S/C29H55N3O/c1-5-7-8-9-10-11-12-13-14-15-16-17-18-19-20-21-22-23-24-29-30-25-26-32(29,6-2)27(3)31-28(4)33/h10-11,25-27,29-30H,5-9,12-24H2,1-4H3/p+1/b11-10+. The molecule has 0 aromatic heterocycles. The van der Waals surface area contributed by atoms with Crippen LogP contribution in [0.5, 0.6) is 0 Å². The van der Waals surface area contributed by atoms with E-state index in [9.17, 15) is 4.79 Å². The van der Waals surface area contributed by atoms with E-state index in [1.54, 1.807) is 6.92 Å². The summed E-state index contributed by atoms with van der Waals surface area (Å²) < 4.78 is 0.814. The van der Waals surface area contributed by atoms with Gasteiger partial charge >= 0.3 is 0 Å². The van der Waals surface area contributed by atoms with Crippen molar-refractivity contribution < 1.29 is 9.28 Å². The van der Waals surface area contributed by atoms with Gasteiger partial charge in [-0.1, -0.05) is 89.7 Å². The number of nitrogens with one attached hydrogen (secondary N) is 2. The normalized spacial score (nSPS) is 20.9. The van der Waals surface area contributed by atoms with Crippen LogP contribution in [0.2, 0.25) is 0 Å². The maximum Gasteiger partial charge on any atom is 0.221 e. The van der Waals surface area contributed by atoms with Crippen LogP contribution in [0.3, 0.4) is 0 Å². The third-order valence-corrected chi connectivity index (χ3v) is 7.39. The van der Waals surface area contributed by atoms with Crippen molar-refractivity contribution in [3.05, 3.63) is 24.6 Å². The quantitative estimate of drug-likeness (QED) is 0.103. The molecule has 0 spiro atoms. The van der Waals surface area contributed by atoms with Gasteiger partial charge in [0.25, 0.3) is 0 Å². The smallest absolute Gasteiger partial charge is 0.221 e. The summed E-state index contributed by atoms with van der Waals surface area (Å²) in [5.41, 5.74) is 0. The number of quaternary nitrogens is 1. The molecular formula is C29H56N3O+. The molecule has 0 aromatic carbocycles. The molecule has 0 saturated heterocycles. The van der Waals surface area contributed by atoms with Crippen molar-refractivity contribution >= 4 is 5.91 Å².